The Kier molecular flexibility index (Phi) is 3.93. The number of nitrogens with zero attached hydrogens (tertiary/aromatic N) is 1. The highest BCUT2D eigenvalue weighted by Crippen LogP contribution is 2.25. The quantitative estimate of drug-likeness (QED) is 0.849. The molecule has 1 heterocycles. The zero-order valence-electron chi connectivity index (χ0n) is 8.95. The largest absolute Gasteiger partial charge is 0.322 e. The van der Waals surface area contributed by atoms with E-state index >= 15 is 0 Å². The maximum atomic E-state index is 12.9. The van der Waals surface area contributed by atoms with Gasteiger partial charge in [-0.2, -0.15) is 4.39 Å². The van der Waals surface area contributed by atoms with Gasteiger partial charge in [0, 0.05) is 28.0 Å². The Hall–Kier alpha value is -1.46. The monoisotopic (exact) mass is 328 g/mol. The molecule has 0 spiro atoms. The average molecular weight is 330 g/mol. The summed E-state index contributed by atoms with van der Waals surface area (Å²) in [5.41, 5.74) is 0.766. The maximum Gasteiger partial charge on any atom is 0.255 e. The Balaban J connectivity index is 2.18. The molecule has 0 saturated carbocycles. The lowest BCUT2D eigenvalue weighted by Crippen LogP contribution is -2.12. The summed E-state index contributed by atoms with van der Waals surface area (Å²) in [4.78, 5) is 15.2. The van der Waals surface area contributed by atoms with Crippen molar-refractivity contribution in [3.05, 3.63) is 57.5 Å². The Bertz CT molecular complexity index is 606. The number of pyridine rings is 1. The van der Waals surface area contributed by atoms with Crippen molar-refractivity contribution in [3.63, 3.8) is 0 Å². The minimum atomic E-state index is -0.695. The number of aromatic nitrogens is 1. The van der Waals surface area contributed by atoms with Crippen LogP contribution in [0, 0.1) is 5.95 Å². The summed E-state index contributed by atoms with van der Waals surface area (Å²) in [5.74, 6) is -1.11. The summed E-state index contributed by atoms with van der Waals surface area (Å²) in [6.07, 6.45) is 1.24. The highest BCUT2D eigenvalue weighted by Gasteiger charge is 2.08. The molecule has 1 N–H and O–H groups in total. The summed E-state index contributed by atoms with van der Waals surface area (Å²) in [5, 5.41) is 3.18. The molecule has 0 radical (unpaired) electrons. The molecule has 0 atom stereocenters. The van der Waals surface area contributed by atoms with Crippen LogP contribution in [-0.4, -0.2) is 10.9 Å². The summed E-state index contributed by atoms with van der Waals surface area (Å²) >= 11 is 9.09. The van der Waals surface area contributed by atoms with Crippen molar-refractivity contribution in [1.82, 2.24) is 4.98 Å². The van der Waals surface area contributed by atoms with Crippen molar-refractivity contribution < 1.29 is 9.18 Å². The molecule has 1 aromatic carbocycles. The van der Waals surface area contributed by atoms with Gasteiger partial charge in [0.05, 0.1) is 5.02 Å². The minimum Gasteiger partial charge on any atom is -0.322 e. The van der Waals surface area contributed by atoms with Crippen LogP contribution < -0.4 is 5.32 Å². The van der Waals surface area contributed by atoms with Crippen molar-refractivity contribution >= 4 is 39.1 Å². The fourth-order valence-electron chi connectivity index (χ4n) is 1.32. The van der Waals surface area contributed by atoms with Crippen LogP contribution in [0.15, 0.2) is 41.0 Å². The fraction of sp³-hybridized carbons (Fsp3) is 0. The van der Waals surface area contributed by atoms with E-state index in [1.807, 2.05) is 0 Å². The summed E-state index contributed by atoms with van der Waals surface area (Å²) in [7, 11) is 0. The van der Waals surface area contributed by atoms with E-state index in [1.165, 1.54) is 12.3 Å². The summed E-state index contributed by atoms with van der Waals surface area (Å²) in [6, 6.07) is 7.47. The van der Waals surface area contributed by atoms with Gasteiger partial charge in [-0.15, -0.1) is 0 Å². The third-order valence-corrected chi connectivity index (χ3v) is 3.38. The van der Waals surface area contributed by atoms with Crippen LogP contribution in [0.1, 0.15) is 10.4 Å². The second-order valence-electron chi connectivity index (χ2n) is 3.45. The first-order chi connectivity index (χ1) is 8.56. The van der Waals surface area contributed by atoms with Gasteiger partial charge in [0.25, 0.3) is 5.91 Å². The van der Waals surface area contributed by atoms with E-state index in [9.17, 15) is 9.18 Å². The average Bonchev–Trinajstić information content (AvgIpc) is 2.34. The van der Waals surface area contributed by atoms with Gasteiger partial charge >= 0.3 is 0 Å². The van der Waals surface area contributed by atoms with Gasteiger partial charge in [-0.25, -0.2) is 4.98 Å². The number of carbonyl (C=O) groups is 1. The summed E-state index contributed by atoms with van der Waals surface area (Å²) < 4.78 is 13.5. The molecule has 0 bridgehead atoms. The van der Waals surface area contributed by atoms with E-state index in [-0.39, 0.29) is 5.56 Å². The number of amides is 1. The molecule has 0 aliphatic carbocycles. The van der Waals surface area contributed by atoms with Crippen molar-refractivity contribution in [2.75, 3.05) is 5.32 Å². The first kappa shape index (κ1) is 13.0. The van der Waals surface area contributed by atoms with Crippen molar-refractivity contribution in [2.45, 2.75) is 0 Å². The van der Waals surface area contributed by atoms with E-state index in [2.05, 4.69) is 26.2 Å². The van der Waals surface area contributed by atoms with Crippen LogP contribution in [0.2, 0.25) is 5.02 Å². The smallest absolute Gasteiger partial charge is 0.255 e. The third kappa shape index (κ3) is 3.05. The van der Waals surface area contributed by atoms with Gasteiger partial charge in [-0.1, -0.05) is 11.6 Å². The number of benzene rings is 1. The molecular formula is C12H7BrClFN2O. The second-order valence-corrected chi connectivity index (χ2v) is 4.71. The van der Waals surface area contributed by atoms with Crippen molar-refractivity contribution in [3.8, 4) is 0 Å². The molecule has 2 aromatic rings. The number of rotatable bonds is 2. The number of halogens is 3. The Morgan fingerprint density at radius 3 is 2.78 bits per heavy atom. The van der Waals surface area contributed by atoms with Crippen LogP contribution in [-0.2, 0) is 0 Å². The molecule has 0 fully saturated rings. The standard InChI is InChI=1S/C12H7BrClFN2O/c13-9-6-8(1-2-10(9)14)17-12(18)7-3-4-16-11(15)5-7/h1-6H,(H,17,18). The fourth-order valence-corrected chi connectivity index (χ4v) is 1.82. The minimum absolute atomic E-state index is 0.202. The lowest BCUT2D eigenvalue weighted by atomic mass is 10.2. The molecule has 2 rings (SSSR count). The Morgan fingerprint density at radius 1 is 1.33 bits per heavy atom. The number of nitrogens with one attached hydrogen (secondary N) is 1. The Labute approximate surface area is 116 Å². The molecule has 0 aliphatic rings. The van der Waals surface area contributed by atoms with E-state index < -0.39 is 11.9 Å². The van der Waals surface area contributed by atoms with Crippen molar-refractivity contribution in [2.24, 2.45) is 0 Å². The topological polar surface area (TPSA) is 42.0 Å². The predicted molar refractivity (Wildman–Crippen MR) is 71.3 cm³/mol. The van der Waals surface area contributed by atoms with E-state index in [0.29, 0.717) is 15.2 Å². The van der Waals surface area contributed by atoms with E-state index in [4.69, 9.17) is 11.6 Å². The SMILES string of the molecule is O=C(Nc1ccc(Cl)c(Br)c1)c1ccnc(F)c1. The van der Waals surface area contributed by atoms with Crippen LogP contribution >= 0.6 is 27.5 Å². The van der Waals surface area contributed by atoms with Crippen molar-refractivity contribution in [1.29, 1.82) is 0 Å². The predicted octanol–water partition coefficient (Wildman–Crippen LogP) is 3.89. The highest BCUT2D eigenvalue weighted by atomic mass is 79.9. The number of anilines is 1. The zero-order valence-corrected chi connectivity index (χ0v) is 11.3. The van der Waals surface area contributed by atoms with Gasteiger partial charge in [0.1, 0.15) is 0 Å². The van der Waals surface area contributed by atoms with Gasteiger partial charge < -0.3 is 5.32 Å². The Morgan fingerprint density at radius 2 is 2.11 bits per heavy atom. The van der Waals surface area contributed by atoms with Gasteiger partial charge in [-0.3, -0.25) is 4.79 Å². The van der Waals surface area contributed by atoms with Gasteiger partial charge in [-0.05, 0) is 40.2 Å². The highest BCUT2D eigenvalue weighted by molar-refractivity contribution is 9.10. The van der Waals surface area contributed by atoms with Crippen LogP contribution in [0.25, 0.3) is 0 Å². The molecule has 0 aliphatic heterocycles. The molecule has 1 aromatic heterocycles. The summed E-state index contributed by atoms with van der Waals surface area (Å²) in [6.45, 7) is 0. The molecule has 0 saturated heterocycles. The molecule has 0 unspecified atom stereocenters. The number of hydrogen-bond acceptors (Lipinski definition) is 2. The molecule has 92 valence electrons. The molecule has 6 heteroatoms. The van der Waals surface area contributed by atoms with Crippen LogP contribution in [0.4, 0.5) is 10.1 Å². The first-order valence-electron chi connectivity index (χ1n) is 4.94. The normalized spacial score (nSPS) is 10.2. The number of hydrogen-bond donors (Lipinski definition) is 1. The second kappa shape index (κ2) is 5.46. The van der Waals surface area contributed by atoms with Crippen LogP contribution in [0.3, 0.4) is 0 Å². The number of carbonyl (C=O) groups excluding carboxylic acids is 1. The maximum absolute atomic E-state index is 12.9. The zero-order chi connectivity index (χ0) is 13.1. The molecule has 1 amide bonds. The molecule has 18 heavy (non-hydrogen) atoms. The molecule has 3 nitrogen and oxygen atoms in total. The lowest BCUT2D eigenvalue weighted by molar-refractivity contribution is 0.102. The first-order valence-corrected chi connectivity index (χ1v) is 6.11. The van der Waals surface area contributed by atoms with E-state index in [1.54, 1.807) is 18.2 Å². The van der Waals surface area contributed by atoms with Crippen LogP contribution in [0.5, 0.6) is 0 Å². The van der Waals surface area contributed by atoms with E-state index in [0.717, 1.165) is 6.07 Å². The lowest BCUT2D eigenvalue weighted by Gasteiger charge is -2.06. The van der Waals surface area contributed by atoms with Gasteiger partial charge in [0.2, 0.25) is 5.95 Å². The third-order valence-electron chi connectivity index (χ3n) is 2.17. The molecular weight excluding hydrogens is 322 g/mol. The van der Waals surface area contributed by atoms with Gasteiger partial charge in [0.15, 0.2) is 0 Å².